The Balaban J connectivity index is 0.000000289. The first-order chi connectivity index (χ1) is 46.6. The van der Waals surface area contributed by atoms with Crippen molar-refractivity contribution in [2.45, 2.75) is 125 Å². The maximum atomic E-state index is 3.38. The molecule has 2 N–H and O–H groups in total. The number of para-hydroxylation sites is 10. The topological polar surface area (TPSA) is 41.4 Å². The van der Waals surface area contributed by atoms with Crippen LogP contribution in [-0.2, 0) is 0 Å². The van der Waals surface area contributed by atoms with Gasteiger partial charge >= 0.3 is 0 Å². The Hall–Kier alpha value is -10.2. The second kappa shape index (κ2) is 46.0. The molecule has 94 heavy (non-hydrogen) atoms. The van der Waals surface area contributed by atoms with E-state index in [1.54, 1.807) is 0 Å². The van der Waals surface area contributed by atoms with E-state index in [1.165, 1.54) is 110 Å². The van der Waals surface area contributed by atoms with Crippen LogP contribution >= 0.6 is 0 Å². The molecule has 0 bridgehead atoms. The zero-order valence-corrected chi connectivity index (χ0v) is 59.9. The van der Waals surface area contributed by atoms with E-state index >= 15 is 0 Å². The van der Waals surface area contributed by atoms with Crippen molar-refractivity contribution < 1.29 is 0 Å². The van der Waals surface area contributed by atoms with Gasteiger partial charge < -0.3 is 19.1 Å². The number of fused-ring (bicyclic) bond motifs is 12. The van der Waals surface area contributed by atoms with Crippen LogP contribution in [0.25, 0.3) is 98.6 Å². The Morgan fingerprint density at radius 2 is 0.330 bits per heavy atom. The average molecular weight is 1250 g/mol. The molecular weight excluding hydrogens is 1140 g/mol. The summed E-state index contributed by atoms with van der Waals surface area (Å²) in [6, 6.07) is 109. The lowest BCUT2D eigenvalue weighted by molar-refractivity contribution is 1.18. The molecule has 4 heteroatoms. The molecular formula is C90H108N4. The molecule has 488 valence electrons. The van der Waals surface area contributed by atoms with E-state index in [2.05, 4.69) is 312 Å². The van der Waals surface area contributed by atoms with Gasteiger partial charge in [-0.2, -0.15) is 0 Å². The van der Waals surface area contributed by atoms with Crippen molar-refractivity contribution in [1.82, 2.24) is 19.1 Å². The van der Waals surface area contributed by atoms with Crippen LogP contribution in [0.15, 0.2) is 315 Å². The minimum absolute atomic E-state index is 1.21. The van der Waals surface area contributed by atoms with Gasteiger partial charge in [0.2, 0.25) is 0 Å². The van der Waals surface area contributed by atoms with Gasteiger partial charge in [0.15, 0.2) is 0 Å². The molecule has 4 heterocycles. The molecule has 0 amide bonds. The quantitative estimate of drug-likeness (QED) is 0.173. The predicted octanol–water partition coefficient (Wildman–Crippen LogP) is 28.4. The van der Waals surface area contributed by atoms with Crippen molar-refractivity contribution >= 4 is 87.2 Å². The van der Waals surface area contributed by atoms with Crippen molar-refractivity contribution in [3.63, 3.8) is 0 Å². The number of benzene rings is 12. The van der Waals surface area contributed by atoms with E-state index in [4.69, 9.17) is 0 Å². The van der Waals surface area contributed by atoms with E-state index < -0.39 is 0 Å². The van der Waals surface area contributed by atoms with Crippen molar-refractivity contribution in [3.8, 4) is 11.4 Å². The van der Waals surface area contributed by atoms with Crippen molar-refractivity contribution in [2.75, 3.05) is 0 Å². The smallest absolute Gasteiger partial charge is 0.0541 e. The molecule has 12 aromatic carbocycles. The minimum Gasteiger partial charge on any atom is -0.355 e. The maximum Gasteiger partial charge on any atom is 0.0541 e. The molecule has 0 aliphatic rings. The van der Waals surface area contributed by atoms with Crippen LogP contribution in [0.4, 0.5) is 0 Å². The normalized spacial score (nSPS) is 9.38. The van der Waals surface area contributed by atoms with Gasteiger partial charge in [0.1, 0.15) is 0 Å². The number of nitrogens with one attached hydrogen (secondary N) is 2. The summed E-state index contributed by atoms with van der Waals surface area (Å²) in [4.78, 5) is 6.76. The second-order valence-corrected chi connectivity index (χ2v) is 19.2. The fourth-order valence-electron chi connectivity index (χ4n) is 10.2. The molecule has 0 unspecified atom stereocenters. The number of rotatable bonds is 2. The Morgan fingerprint density at radius 3 is 0.521 bits per heavy atom. The first-order valence-electron chi connectivity index (χ1n) is 34.6. The highest BCUT2D eigenvalue weighted by atomic mass is 15.0. The standard InChI is InChI=1S/2C18H13N.2C12H9N.2C7H8.8C2H6/c2*1-2-8-14(9-3-1)19-17-12-6-4-10-15(17)16-11-5-7-13-18(16)19;2*1-3-7-11-9(5-1)10-6-2-4-8-12(10)13-11;2*1-7-5-3-2-4-6-7;8*1-2/h2*1-13H;2*1-8,13H;2*2-6H,1H3;8*1-2H3. The number of nitrogens with zero attached hydrogens (tertiary/aromatic N) is 2. The van der Waals surface area contributed by atoms with Gasteiger partial charge in [0.05, 0.1) is 22.1 Å². The summed E-state index contributed by atoms with van der Waals surface area (Å²) in [5.74, 6) is 0. The Morgan fingerprint density at radius 1 is 0.170 bits per heavy atom. The van der Waals surface area contributed by atoms with Crippen LogP contribution in [-0.4, -0.2) is 19.1 Å². The zero-order chi connectivity index (χ0) is 68.9. The van der Waals surface area contributed by atoms with Crippen LogP contribution in [0.2, 0.25) is 0 Å². The lowest BCUT2D eigenvalue weighted by Gasteiger charge is -2.06. The first kappa shape index (κ1) is 78.1. The molecule has 0 fully saturated rings. The fourth-order valence-corrected chi connectivity index (χ4v) is 10.2. The summed E-state index contributed by atoms with van der Waals surface area (Å²) >= 11 is 0. The zero-order valence-electron chi connectivity index (χ0n) is 59.9. The summed E-state index contributed by atoms with van der Waals surface area (Å²) in [6.07, 6.45) is 0. The van der Waals surface area contributed by atoms with Gasteiger partial charge in [-0.15, -0.1) is 0 Å². The van der Waals surface area contributed by atoms with Gasteiger partial charge in [-0.1, -0.05) is 365 Å². The number of aromatic nitrogens is 4. The lowest BCUT2D eigenvalue weighted by Crippen LogP contribution is -1.92. The number of hydrogen-bond acceptors (Lipinski definition) is 0. The number of aryl methyl sites for hydroxylation is 2. The summed E-state index contributed by atoms with van der Waals surface area (Å²) in [7, 11) is 0. The molecule has 0 aliphatic carbocycles. The predicted molar refractivity (Wildman–Crippen MR) is 426 cm³/mol. The monoisotopic (exact) mass is 1240 g/mol. The highest BCUT2D eigenvalue weighted by Gasteiger charge is 2.12. The summed E-state index contributed by atoms with van der Waals surface area (Å²) in [5, 5.41) is 10.4. The molecule has 4 nitrogen and oxygen atoms in total. The maximum absolute atomic E-state index is 3.38. The summed E-state index contributed by atoms with van der Waals surface area (Å²) < 4.78 is 4.65. The molecule has 0 spiro atoms. The van der Waals surface area contributed by atoms with Crippen LogP contribution in [0.3, 0.4) is 0 Å². The molecule has 4 aromatic heterocycles. The van der Waals surface area contributed by atoms with Gasteiger partial charge in [-0.25, -0.2) is 0 Å². The molecule has 0 atom stereocenters. The van der Waals surface area contributed by atoms with Crippen LogP contribution < -0.4 is 0 Å². The highest BCUT2D eigenvalue weighted by molar-refractivity contribution is 6.11. The van der Waals surface area contributed by atoms with Crippen LogP contribution in [0.1, 0.15) is 122 Å². The van der Waals surface area contributed by atoms with E-state index in [0.29, 0.717) is 0 Å². The molecule has 0 radical (unpaired) electrons. The summed E-state index contributed by atoms with van der Waals surface area (Å²) in [5.41, 5.74) is 14.9. The largest absolute Gasteiger partial charge is 0.355 e. The third kappa shape index (κ3) is 21.5. The number of hydrogen-bond donors (Lipinski definition) is 2. The molecule has 0 aliphatic heterocycles. The molecule has 16 aromatic rings. The Kier molecular flexibility index (Phi) is 38.2. The fraction of sp³-hybridized carbons (Fsp3) is 0.200. The summed E-state index contributed by atoms with van der Waals surface area (Å²) in [6.45, 7) is 36.2. The van der Waals surface area contributed by atoms with Crippen molar-refractivity contribution in [2.24, 2.45) is 0 Å². The van der Waals surface area contributed by atoms with E-state index in [-0.39, 0.29) is 0 Å². The SMILES string of the molecule is CC.CC.CC.CC.CC.CC.CC.CC.Cc1ccccc1.Cc1ccccc1.c1ccc(-n2c3ccccc3c3ccccc32)cc1.c1ccc(-n2c3ccccc3c3ccccc32)cc1.c1ccc2c(c1)[nH]c1ccccc12.c1ccc2c(c1)[nH]c1ccccc12. The minimum atomic E-state index is 1.21. The van der Waals surface area contributed by atoms with Gasteiger partial charge in [0.25, 0.3) is 0 Å². The molecule has 16 rings (SSSR count). The molecule has 0 saturated heterocycles. The number of H-pyrrole nitrogens is 2. The van der Waals surface area contributed by atoms with Crippen LogP contribution in [0.5, 0.6) is 0 Å². The third-order valence-corrected chi connectivity index (χ3v) is 13.9. The van der Waals surface area contributed by atoms with E-state index in [9.17, 15) is 0 Å². The van der Waals surface area contributed by atoms with E-state index in [0.717, 1.165) is 0 Å². The molecule has 0 saturated carbocycles. The lowest BCUT2D eigenvalue weighted by atomic mass is 10.2. The number of aromatic amines is 2. The van der Waals surface area contributed by atoms with Gasteiger partial charge in [-0.05, 0) is 86.6 Å². The van der Waals surface area contributed by atoms with Gasteiger partial charge in [-0.3, -0.25) is 0 Å². The average Bonchev–Trinajstić information content (AvgIpc) is 1.62. The second-order valence-electron chi connectivity index (χ2n) is 19.2. The van der Waals surface area contributed by atoms with E-state index in [1.807, 2.05) is 147 Å². The van der Waals surface area contributed by atoms with Crippen molar-refractivity contribution in [3.05, 3.63) is 327 Å². The Bertz CT molecular complexity index is 4010. The Labute approximate surface area is 565 Å². The first-order valence-corrected chi connectivity index (χ1v) is 34.6. The van der Waals surface area contributed by atoms with Crippen LogP contribution in [0, 0.1) is 13.8 Å². The van der Waals surface area contributed by atoms with Crippen molar-refractivity contribution in [1.29, 1.82) is 0 Å². The van der Waals surface area contributed by atoms with Gasteiger partial charge in [0, 0.05) is 76.5 Å². The third-order valence-electron chi connectivity index (χ3n) is 13.9. The highest BCUT2D eigenvalue weighted by Crippen LogP contribution is 2.33.